The average molecular weight is 476 g/mol. The van der Waals surface area contributed by atoms with Crippen molar-refractivity contribution in [3.05, 3.63) is 82.7 Å². The van der Waals surface area contributed by atoms with Crippen molar-refractivity contribution in [2.24, 2.45) is 21.7 Å². The van der Waals surface area contributed by atoms with Gasteiger partial charge in [0.2, 0.25) is 0 Å². The normalized spacial score (nSPS) is 24.6. The summed E-state index contributed by atoms with van der Waals surface area (Å²) in [5, 5.41) is 0. The van der Waals surface area contributed by atoms with E-state index in [1.807, 2.05) is 0 Å². The highest BCUT2D eigenvalue weighted by atomic mass is 14.4. The van der Waals surface area contributed by atoms with E-state index in [2.05, 4.69) is 116 Å². The molecule has 2 aromatic carbocycles. The smallest absolute Gasteiger partial charge is 0.0925 e. The van der Waals surface area contributed by atoms with Crippen molar-refractivity contribution < 1.29 is 0 Å². The van der Waals surface area contributed by atoms with E-state index in [0.29, 0.717) is 35.1 Å². The summed E-state index contributed by atoms with van der Waals surface area (Å²) in [5.41, 5.74) is 10.9. The third kappa shape index (κ3) is 4.27. The van der Waals surface area contributed by atoms with Crippen molar-refractivity contribution in [3.8, 4) is 0 Å². The van der Waals surface area contributed by atoms with Gasteiger partial charge < -0.3 is 0 Å². The number of allylic oxidation sites excluding steroid dienone is 4. The molecule has 0 amide bonds. The Kier molecular flexibility index (Phi) is 6.29. The molecule has 36 heavy (non-hydrogen) atoms. The predicted molar refractivity (Wildman–Crippen MR) is 162 cm³/mol. The predicted octanol–water partition coefficient (Wildman–Crippen LogP) is 9.89. The van der Waals surface area contributed by atoms with Gasteiger partial charge in [0.15, 0.2) is 13.4 Å². The summed E-state index contributed by atoms with van der Waals surface area (Å²) in [5.74, 6) is 0. The summed E-state index contributed by atoms with van der Waals surface area (Å²) in [7, 11) is 0. The topological polar surface area (TPSA) is 0 Å². The van der Waals surface area contributed by atoms with Gasteiger partial charge in [-0.1, -0.05) is 152 Å². The van der Waals surface area contributed by atoms with Crippen molar-refractivity contribution in [3.63, 3.8) is 0 Å². The summed E-state index contributed by atoms with van der Waals surface area (Å²) in [6, 6.07) is 22.8. The van der Waals surface area contributed by atoms with E-state index in [1.54, 1.807) is 22.1 Å². The molecule has 0 aromatic heterocycles. The second-order valence-electron chi connectivity index (χ2n) is 14.8. The first-order valence-corrected chi connectivity index (χ1v) is 14.4. The van der Waals surface area contributed by atoms with Gasteiger partial charge in [-0.3, -0.25) is 0 Å². The molecule has 0 nitrogen and oxygen atoms in total. The Labute approximate surface area is 222 Å². The van der Waals surface area contributed by atoms with E-state index in [4.69, 9.17) is 0 Å². The van der Waals surface area contributed by atoms with Crippen LogP contribution in [0.25, 0.3) is 11.1 Å². The monoisotopic (exact) mass is 476 g/mol. The highest BCUT2D eigenvalue weighted by molar-refractivity contribution is 6.72. The SMILES string of the molecule is CC1(C)CB(C2=C(c3ccccc3)C(c3ccccc3)=C(B3CC(C)(C)C(C)(C)C3)CC2)CC1(C)C. The number of hydrogen-bond acceptors (Lipinski definition) is 0. The van der Waals surface area contributed by atoms with Crippen molar-refractivity contribution in [1.82, 2.24) is 0 Å². The third-order valence-electron chi connectivity index (χ3n) is 11.4. The number of hydrogen-bond donors (Lipinski definition) is 0. The Morgan fingerprint density at radius 2 is 0.722 bits per heavy atom. The quantitative estimate of drug-likeness (QED) is 0.385. The molecule has 0 N–H and O–H groups in total. The van der Waals surface area contributed by atoms with E-state index in [-0.39, 0.29) is 0 Å². The van der Waals surface area contributed by atoms with Crippen LogP contribution in [-0.4, -0.2) is 13.4 Å². The summed E-state index contributed by atoms with van der Waals surface area (Å²) in [6.07, 6.45) is 7.65. The molecule has 0 atom stereocenters. The molecule has 0 bridgehead atoms. The van der Waals surface area contributed by atoms with Crippen LogP contribution in [0.4, 0.5) is 0 Å². The lowest BCUT2D eigenvalue weighted by molar-refractivity contribution is 0.177. The second-order valence-corrected chi connectivity index (χ2v) is 14.8. The fourth-order valence-corrected chi connectivity index (χ4v) is 7.73. The van der Waals surface area contributed by atoms with Gasteiger partial charge in [-0.05, 0) is 56.8 Å². The van der Waals surface area contributed by atoms with E-state index in [0.717, 1.165) is 0 Å². The van der Waals surface area contributed by atoms with Crippen LogP contribution in [0.15, 0.2) is 71.6 Å². The first kappa shape index (κ1) is 25.7. The zero-order chi connectivity index (χ0) is 25.9. The largest absolute Gasteiger partial charge is 0.172 e. The summed E-state index contributed by atoms with van der Waals surface area (Å²) < 4.78 is 0. The Morgan fingerprint density at radius 1 is 0.444 bits per heavy atom. The van der Waals surface area contributed by atoms with Gasteiger partial charge in [0.05, 0.1) is 0 Å². The van der Waals surface area contributed by atoms with Gasteiger partial charge in [0, 0.05) is 0 Å². The lowest BCUT2D eigenvalue weighted by atomic mass is 9.35. The van der Waals surface area contributed by atoms with Crippen LogP contribution >= 0.6 is 0 Å². The molecule has 0 saturated carbocycles. The first-order valence-electron chi connectivity index (χ1n) is 14.4. The van der Waals surface area contributed by atoms with Gasteiger partial charge in [0.1, 0.15) is 0 Å². The van der Waals surface area contributed by atoms with Crippen LogP contribution < -0.4 is 0 Å². The minimum Gasteiger partial charge on any atom is -0.0925 e. The fourth-order valence-electron chi connectivity index (χ4n) is 7.73. The Bertz CT molecular complexity index is 1050. The molecule has 1 aliphatic carbocycles. The zero-order valence-electron chi connectivity index (χ0n) is 24.2. The van der Waals surface area contributed by atoms with Crippen molar-refractivity contribution in [2.45, 2.75) is 93.5 Å². The van der Waals surface area contributed by atoms with Crippen LogP contribution in [0.1, 0.15) is 79.4 Å². The zero-order valence-corrected chi connectivity index (χ0v) is 24.2. The molecule has 2 heterocycles. The van der Waals surface area contributed by atoms with E-state index >= 15 is 0 Å². The first-order chi connectivity index (χ1) is 16.8. The van der Waals surface area contributed by atoms with Crippen molar-refractivity contribution >= 4 is 24.6 Å². The molecule has 3 aliphatic rings. The van der Waals surface area contributed by atoms with Crippen LogP contribution in [-0.2, 0) is 0 Å². The van der Waals surface area contributed by atoms with E-state index in [1.165, 1.54) is 49.2 Å². The molecule has 5 rings (SSSR count). The lowest BCUT2D eigenvalue weighted by Crippen LogP contribution is -2.24. The number of rotatable bonds is 4. The lowest BCUT2D eigenvalue weighted by Gasteiger charge is -2.35. The van der Waals surface area contributed by atoms with Crippen LogP contribution in [0.3, 0.4) is 0 Å². The van der Waals surface area contributed by atoms with Gasteiger partial charge in [-0.15, -0.1) is 0 Å². The van der Waals surface area contributed by atoms with Crippen LogP contribution in [0.5, 0.6) is 0 Å². The summed E-state index contributed by atoms with van der Waals surface area (Å²) in [6.45, 7) is 21.3. The Balaban J connectivity index is 1.74. The standard InChI is InChI=1S/C34H46B2/c1-31(2)21-35(22-32(31,3)4)27-19-20-28(36-23-33(5,6)34(7,8)24-36)30(26-17-13-10-14-18-26)29(27)25-15-11-9-12-16-25/h9-18H,19-24H2,1-8H3. The summed E-state index contributed by atoms with van der Waals surface area (Å²) in [4.78, 5) is 0. The third-order valence-corrected chi connectivity index (χ3v) is 11.4. The molecule has 0 spiro atoms. The molecular weight excluding hydrogens is 430 g/mol. The molecule has 0 unspecified atom stereocenters. The highest BCUT2D eigenvalue weighted by Crippen LogP contribution is 2.59. The maximum Gasteiger partial charge on any atom is 0.172 e. The van der Waals surface area contributed by atoms with Crippen molar-refractivity contribution in [2.75, 3.05) is 0 Å². The molecule has 2 aliphatic heterocycles. The van der Waals surface area contributed by atoms with Gasteiger partial charge in [-0.2, -0.15) is 0 Å². The molecule has 0 radical (unpaired) electrons. The Morgan fingerprint density at radius 3 is 1.00 bits per heavy atom. The van der Waals surface area contributed by atoms with E-state index < -0.39 is 0 Å². The molecule has 2 saturated heterocycles. The van der Waals surface area contributed by atoms with Gasteiger partial charge in [0.25, 0.3) is 0 Å². The molecular formula is C34H46B2. The minimum absolute atomic E-state index is 0.364. The van der Waals surface area contributed by atoms with E-state index in [9.17, 15) is 0 Å². The number of benzene rings is 2. The fraction of sp³-hybridized carbons (Fsp3) is 0.529. The van der Waals surface area contributed by atoms with Crippen molar-refractivity contribution in [1.29, 1.82) is 0 Å². The minimum atomic E-state index is 0.364. The average Bonchev–Trinajstić information content (AvgIpc) is 3.18. The maximum atomic E-state index is 2.50. The van der Waals surface area contributed by atoms with Gasteiger partial charge >= 0.3 is 0 Å². The molecule has 2 heteroatoms. The highest BCUT2D eigenvalue weighted by Gasteiger charge is 2.52. The maximum absolute atomic E-state index is 2.50. The summed E-state index contributed by atoms with van der Waals surface area (Å²) >= 11 is 0. The van der Waals surface area contributed by atoms with Crippen LogP contribution in [0.2, 0.25) is 25.3 Å². The second kappa shape index (κ2) is 8.82. The Hall–Kier alpha value is -1.95. The van der Waals surface area contributed by atoms with Gasteiger partial charge in [-0.25, -0.2) is 0 Å². The van der Waals surface area contributed by atoms with Crippen LogP contribution in [0, 0.1) is 21.7 Å². The molecule has 2 aromatic rings. The molecule has 2 fully saturated rings. The molecule has 188 valence electrons.